The average molecular weight is 235 g/mol. The van der Waals surface area contributed by atoms with Gasteiger partial charge in [0, 0.05) is 20.1 Å². The molecule has 1 rings (SSSR count). The highest BCUT2D eigenvalue weighted by Gasteiger charge is 2.19. The molecule has 0 radical (unpaired) electrons. The van der Waals surface area contributed by atoms with Gasteiger partial charge in [-0.05, 0) is 0 Å². The molecule has 0 saturated carbocycles. The molecule has 5 nitrogen and oxygen atoms in total. The number of likely N-dealkylation sites (N-methyl/N-ethyl adjacent to an activating group) is 1. The Labute approximate surface area is 93.9 Å². The summed E-state index contributed by atoms with van der Waals surface area (Å²) in [7, 11) is 1.57. The highest BCUT2D eigenvalue weighted by molar-refractivity contribution is 6.27. The highest BCUT2D eigenvalue weighted by atomic mass is 35.5. The molecule has 2 amide bonds. The molecule has 6 heteroatoms. The Bertz CT molecular complexity index is 242. The summed E-state index contributed by atoms with van der Waals surface area (Å²) in [6.45, 7) is 2.42. The van der Waals surface area contributed by atoms with Crippen molar-refractivity contribution in [2.45, 2.75) is 0 Å². The van der Waals surface area contributed by atoms with Crippen LogP contribution in [0.3, 0.4) is 0 Å². The Morgan fingerprint density at radius 1 is 1.40 bits per heavy atom. The summed E-state index contributed by atoms with van der Waals surface area (Å²) in [6.07, 6.45) is 0. The third kappa shape index (κ3) is 3.68. The summed E-state index contributed by atoms with van der Waals surface area (Å²) in [5.41, 5.74) is 0. The first-order valence-corrected chi connectivity index (χ1v) is 5.34. The minimum absolute atomic E-state index is 0.0562. The molecule has 0 N–H and O–H groups in total. The molecule has 1 heterocycles. The fraction of sp³-hybridized carbons (Fsp3) is 0.778. The Balaban J connectivity index is 2.36. The Morgan fingerprint density at radius 3 is 2.53 bits per heavy atom. The van der Waals surface area contributed by atoms with Crippen LogP contribution in [0.4, 0.5) is 0 Å². The maximum absolute atomic E-state index is 11.7. The van der Waals surface area contributed by atoms with Crippen molar-refractivity contribution in [2.24, 2.45) is 0 Å². The lowest BCUT2D eigenvalue weighted by molar-refractivity contribution is -0.140. The van der Waals surface area contributed by atoms with Crippen molar-refractivity contribution in [1.82, 2.24) is 9.80 Å². The van der Waals surface area contributed by atoms with Crippen LogP contribution >= 0.6 is 11.6 Å². The lowest BCUT2D eigenvalue weighted by Crippen LogP contribution is -2.46. The Hall–Kier alpha value is -0.810. The number of morpholine rings is 1. The molecule has 86 valence electrons. The second-order valence-electron chi connectivity index (χ2n) is 3.38. The normalized spacial score (nSPS) is 16.3. The predicted molar refractivity (Wildman–Crippen MR) is 55.8 cm³/mol. The number of rotatable bonds is 3. The van der Waals surface area contributed by atoms with Crippen molar-refractivity contribution in [3.8, 4) is 0 Å². The molecule has 0 aromatic heterocycles. The molecule has 0 unspecified atom stereocenters. The predicted octanol–water partition coefficient (Wildman–Crippen LogP) is -0.458. The number of amides is 2. The standard InChI is InChI=1S/C9H15ClN2O3/c1-11(8(13)6-10)7-9(14)12-2-4-15-5-3-12/h2-7H2,1H3. The lowest BCUT2D eigenvalue weighted by atomic mass is 10.4. The van der Waals surface area contributed by atoms with Gasteiger partial charge in [0.1, 0.15) is 5.88 Å². The molecule has 0 aromatic rings. The summed E-state index contributed by atoms with van der Waals surface area (Å²) >= 11 is 5.38. The van der Waals surface area contributed by atoms with Crippen molar-refractivity contribution in [3.63, 3.8) is 0 Å². The molecule has 1 fully saturated rings. The number of carbonyl (C=O) groups is 2. The first-order chi connectivity index (χ1) is 7.15. The smallest absolute Gasteiger partial charge is 0.242 e. The van der Waals surface area contributed by atoms with E-state index in [1.54, 1.807) is 11.9 Å². The molecule has 0 aliphatic carbocycles. The van der Waals surface area contributed by atoms with E-state index in [1.165, 1.54) is 4.90 Å². The number of hydrogen-bond acceptors (Lipinski definition) is 3. The van der Waals surface area contributed by atoms with Crippen molar-refractivity contribution >= 4 is 23.4 Å². The Morgan fingerprint density at radius 2 is 2.00 bits per heavy atom. The number of nitrogens with zero attached hydrogens (tertiary/aromatic N) is 2. The van der Waals surface area contributed by atoms with E-state index >= 15 is 0 Å². The van der Waals surface area contributed by atoms with Crippen LogP contribution in [0.5, 0.6) is 0 Å². The van der Waals surface area contributed by atoms with E-state index in [-0.39, 0.29) is 24.2 Å². The van der Waals surface area contributed by atoms with E-state index in [0.29, 0.717) is 26.3 Å². The number of carbonyl (C=O) groups excluding carboxylic acids is 2. The van der Waals surface area contributed by atoms with Crippen molar-refractivity contribution in [2.75, 3.05) is 45.8 Å². The molecule has 0 atom stereocenters. The largest absolute Gasteiger partial charge is 0.378 e. The first kappa shape index (κ1) is 12.3. The Kier molecular flexibility index (Phi) is 4.84. The quantitative estimate of drug-likeness (QED) is 0.621. The number of ether oxygens (including phenoxy) is 1. The van der Waals surface area contributed by atoms with E-state index in [0.717, 1.165) is 0 Å². The molecule has 0 aromatic carbocycles. The lowest BCUT2D eigenvalue weighted by Gasteiger charge is -2.28. The summed E-state index contributed by atoms with van der Waals surface area (Å²) in [4.78, 5) is 25.8. The van der Waals surface area contributed by atoms with Gasteiger partial charge >= 0.3 is 0 Å². The number of alkyl halides is 1. The van der Waals surface area contributed by atoms with E-state index in [1.807, 2.05) is 0 Å². The van der Waals surface area contributed by atoms with E-state index in [4.69, 9.17) is 16.3 Å². The van der Waals surface area contributed by atoms with Crippen molar-refractivity contribution in [1.29, 1.82) is 0 Å². The summed E-state index contributed by atoms with van der Waals surface area (Å²) in [5, 5.41) is 0. The number of hydrogen-bond donors (Lipinski definition) is 0. The van der Waals surface area contributed by atoms with Crippen molar-refractivity contribution < 1.29 is 14.3 Å². The van der Waals surface area contributed by atoms with Crippen LogP contribution in [0.1, 0.15) is 0 Å². The van der Waals surface area contributed by atoms with E-state index in [9.17, 15) is 9.59 Å². The second kappa shape index (κ2) is 5.92. The maximum Gasteiger partial charge on any atom is 0.242 e. The van der Waals surface area contributed by atoms with Gasteiger partial charge in [-0.2, -0.15) is 0 Å². The third-order valence-electron chi connectivity index (χ3n) is 2.28. The van der Waals surface area contributed by atoms with Gasteiger partial charge in [0.2, 0.25) is 11.8 Å². The van der Waals surface area contributed by atoms with Crippen LogP contribution in [-0.4, -0.2) is 67.4 Å². The van der Waals surface area contributed by atoms with Gasteiger partial charge in [0.15, 0.2) is 0 Å². The molecular formula is C9H15ClN2O3. The zero-order chi connectivity index (χ0) is 11.3. The molecule has 1 aliphatic heterocycles. The monoisotopic (exact) mass is 234 g/mol. The van der Waals surface area contributed by atoms with Gasteiger partial charge in [-0.25, -0.2) is 0 Å². The number of halogens is 1. The van der Waals surface area contributed by atoms with Crippen LogP contribution in [-0.2, 0) is 14.3 Å². The van der Waals surface area contributed by atoms with Gasteiger partial charge in [-0.1, -0.05) is 0 Å². The fourth-order valence-electron chi connectivity index (χ4n) is 1.31. The highest BCUT2D eigenvalue weighted by Crippen LogP contribution is 1.99. The first-order valence-electron chi connectivity index (χ1n) is 4.80. The fourth-order valence-corrected chi connectivity index (χ4v) is 1.51. The van der Waals surface area contributed by atoms with Crippen LogP contribution in [0.25, 0.3) is 0 Å². The van der Waals surface area contributed by atoms with E-state index in [2.05, 4.69) is 0 Å². The van der Waals surface area contributed by atoms with Gasteiger partial charge in [0.05, 0.1) is 19.8 Å². The maximum atomic E-state index is 11.7. The second-order valence-corrected chi connectivity index (χ2v) is 3.64. The topological polar surface area (TPSA) is 49.9 Å². The molecule has 0 bridgehead atoms. The van der Waals surface area contributed by atoms with Gasteiger partial charge in [-0.3, -0.25) is 9.59 Å². The van der Waals surface area contributed by atoms with Crippen LogP contribution < -0.4 is 0 Å². The summed E-state index contributed by atoms with van der Waals surface area (Å²) < 4.78 is 5.13. The SMILES string of the molecule is CN(CC(=O)N1CCOCC1)C(=O)CCl. The molecule has 1 aliphatic rings. The van der Waals surface area contributed by atoms with E-state index < -0.39 is 0 Å². The molecule has 0 spiro atoms. The van der Waals surface area contributed by atoms with Crippen LogP contribution in [0.2, 0.25) is 0 Å². The average Bonchev–Trinajstić information content (AvgIpc) is 2.29. The zero-order valence-corrected chi connectivity index (χ0v) is 9.50. The van der Waals surface area contributed by atoms with Crippen LogP contribution in [0.15, 0.2) is 0 Å². The van der Waals surface area contributed by atoms with Gasteiger partial charge < -0.3 is 14.5 Å². The summed E-state index contributed by atoms with van der Waals surface area (Å²) in [5.74, 6) is -0.384. The van der Waals surface area contributed by atoms with Gasteiger partial charge in [-0.15, -0.1) is 11.6 Å². The molecular weight excluding hydrogens is 220 g/mol. The minimum atomic E-state index is -0.238. The molecule has 15 heavy (non-hydrogen) atoms. The van der Waals surface area contributed by atoms with Crippen molar-refractivity contribution in [3.05, 3.63) is 0 Å². The molecule has 1 saturated heterocycles. The minimum Gasteiger partial charge on any atom is -0.378 e. The van der Waals surface area contributed by atoms with Crippen LogP contribution in [0, 0.1) is 0 Å². The van der Waals surface area contributed by atoms with Gasteiger partial charge in [0.25, 0.3) is 0 Å². The summed E-state index contributed by atoms with van der Waals surface area (Å²) in [6, 6.07) is 0. The third-order valence-corrected chi connectivity index (χ3v) is 2.50. The zero-order valence-electron chi connectivity index (χ0n) is 8.74.